The Kier molecular flexibility index (Phi) is 8.71. The van der Waals surface area contributed by atoms with Gasteiger partial charge in [-0.1, -0.05) is 140 Å². The maximum absolute atomic E-state index is 14.4. The van der Waals surface area contributed by atoms with Crippen LogP contribution in [0.3, 0.4) is 0 Å². The van der Waals surface area contributed by atoms with Crippen molar-refractivity contribution in [3.63, 3.8) is 0 Å². The minimum absolute atomic E-state index is 0.473. The summed E-state index contributed by atoms with van der Waals surface area (Å²) in [6.07, 6.45) is 2.60. The first kappa shape index (κ1) is 40.0. The van der Waals surface area contributed by atoms with E-state index in [0.29, 0.717) is 16.3 Å². The summed E-state index contributed by atoms with van der Waals surface area (Å²) in [7, 11) is 0. The molecule has 4 nitrogen and oxygen atoms in total. The summed E-state index contributed by atoms with van der Waals surface area (Å²) in [5.41, 5.74) is 10.8. The second-order valence-corrected chi connectivity index (χ2v) is 18.1. The lowest BCUT2D eigenvalue weighted by molar-refractivity contribution is -0.137. The lowest BCUT2D eigenvalue weighted by atomic mass is 9.83. The number of hydrogen-bond acceptors (Lipinski definition) is 2. The van der Waals surface area contributed by atoms with Crippen molar-refractivity contribution < 1.29 is 13.2 Å². The molecule has 0 aliphatic rings. The van der Waals surface area contributed by atoms with E-state index in [2.05, 4.69) is 189 Å². The lowest BCUT2D eigenvalue weighted by Gasteiger charge is -2.21. The zero-order valence-corrected chi connectivity index (χ0v) is 37.3. The van der Waals surface area contributed by atoms with Crippen LogP contribution in [0.4, 0.5) is 13.2 Å². The number of halogens is 3. The number of fused-ring (bicyclic) bond motifs is 11. The molecule has 0 radical (unpaired) electrons. The molecule has 330 valence electrons. The zero-order valence-electron chi connectivity index (χ0n) is 37.3. The van der Waals surface area contributed by atoms with Crippen molar-refractivity contribution in [3.8, 4) is 44.8 Å². The summed E-state index contributed by atoms with van der Waals surface area (Å²) in [5, 5.41) is 12.4. The normalized spacial score (nSPS) is 12.2. The highest BCUT2D eigenvalue weighted by atomic mass is 19.4. The van der Waals surface area contributed by atoms with Crippen molar-refractivity contribution in [2.45, 2.75) is 6.18 Å². The highest BCUT2D eigenvalue weighted by Gasteiger charge is 2.31. The lowest BCUT2D eigenvalue weighted by Crippen LogP contribution is -2.04. The third kappa shape index (κ3) is 6.04. The SMILES string of the molecule is FC(F)(F)c1ccc2c(c1)c1cnccc1n2-c1cc(-c2c3ccccc3c(-c3cc4ccccc4c4ccccc34)c3ccccc23)cc(-n2c3cnccc3c3ccc(-c4ccccc4)cc32)c1. The average molecular weight is 907 g/mol. The molecule has 0 aliphatic heterocycles. The first-order valence-electron chi connectivity index (χ1n) is 23.3. The molecule has 4 heterocycles. The van der Waals surface area contributed by atoms with Gasteiger partial charge in [-0.3, -0.25) is 9.97 Å². The number of nitrogens with zero attached hydrogens (tertiary/aromatic N) is 4. The molecule has 0 saturated heterocycles. The summed E-state index contributed by atoms with van der Waals surface area (Å²) >= 11 is 0. The van der Waals surface area contributed by atoms with E-state index in [4.69, 9.17) is 0 Å². The van der Waals surface area contributed by atoms with Crippen LogP contribution < -0.4 is 0 Å². The number of pyridine rings is 2. The fourth-order valence-corrected chi connectivity index (χ4v) is 11.3. The van der Waals surface area contributed by atoms with Gasteiger partial charge in [-0.05, 0) is 137 Å². The predicted octanol–water partition coefficient (Wildman–Crippen LogP) is 17.3. The molecule has 70 heavy (non-hydrogen) atoms. The Morgan fingerprint density at radius 2 is 0.914 bits per heavy atom. The second-order valence-electron chi connectivity index (χ2n) is 18.1. The molecule has 0 amide bonds. The Morgan fingerprint density at radius 3 is 1.64 bits per heavy atom. The predicted molar refractivity (Wildman–Crippen MR) is 282 cm³/mol. The smallest absolute Gasteiger partial charge is 0.309 e. The molecular weight excluding hydrogens is 870 g/mol. The molecule has 0 spiro atoms. The van der Waals surface area contributed by atoms with E-state index in [0.717, 1.165) is 93.6 Å². The Hall–Kier alpha value is -9.07. The molecule has 4 aromatic heterocycles. The monoisotopic (exact) mass is 906 g/mol. The maximum Gasteiger partial charge on any atom is 0.416 e. The van der Waals surface area contributed by atoms with Crippen LogP contribution in [0.5, 0.6) is 0 Å². The van der Waals surface area contributed by atoms with Gasteiger partial charge in [0.25, 0.3) is 0 Å². The summed E-state index contributed by atoms with van der Waals surface area (Å²) in [4.78, 5) is 9.09. The Morgan fingerprint density at radius 1 is 0.329 bits per heavy atom. The standard InChI is InChI=1S/C63H37F3N4/c64-63(65,66)42-23-25-57-54(34-42)56-36-67-29-27-58(56)69(57)43-30-41(31-44(35-43)70-59-33-39(38-12-2-1-3-13-38)22-24-48(59)49-26-28-68-37-60(49)70)61-50-18-8-10-20-52(50)62(53-21-11-9-19-51(53)61)55-32-40-14-4-5-15-45(40)46-16-6-7-17-47(46)55/h1-37H. The van der Waals surface area contributed by atoms with Gasteiger partial charge in [0, 0.05) is 51.5 Å². The van der Waals surface area contributed by atoms with E-state index in [9.17, 15) is 13.2 Å². The van der Waals surface area contributed by atoms with E-state index in [1.807, 2.05) is 24.5 Å². The van der Waals surface area contributed by atoms with Crippen molar-refractivity contribution in [2.24, 2.45) is 0 Å². The van der Waals surface area contributed by atoms with Gasteiger partial charge < -0.3 is 9.13 Å². The van der Waals surface area contributed by atoms with Gasteiger partial charge >= 0.3 is 6.18 Å². The number of benzene rings is 10. The zero-order chi connectivity index (χ0) is 46.7. The summed E-state index contributed by atoms with van der Waals surface area (Å²) in [6.45, 7) is 0. The van der Waals surface area contributed by atoms with Gasteiger partial charge in [0.1, 0.15) is 0 Å². The molecule has 0 aliphatic carbocycles. The van der Waals surface area contributed by atoms with Gasteiger partial charge in [0.2, 0.25) is 0 Å². The Labute approximate surface area is 398 Å². The Balaban J connectivity index is 1.12. The largest absolute Gasteiger partial charge is 0.416 e. The Bertz CT molecular complexity index is 4410. The van der Waals surface area contributed by atoms with Gasteiger partial charge in [0.05, 0.1) is 33.8 Å². The summed E-state index contributed by atoms with van der Waals surface area (Å²) in [6, 6.07) is 68.5. The molecule has 0 unspecified atom stereocenters. The van der Waals surface area contributed by atoms with Crippen LogP contribution in [0, 0.1) is 0 Å². The van der Waals surface area contributed by atoms with Crippen LogP contribution in [0.2, 0.25) is 0 Å². The molecule has 0 fully saturated rings. The van der Waals surface area contributed by atoms with Crippen molar-refractivity contribution in [1.29, 1.82) is 0 Å². The van der Waals surface area contributed by atoms with E-state index in [1.54, 1.807) is 18.5 Å². The maximum atomic E-state index is 14.4. The average Bonchev–Trinajstić information content (AvgIpc) is 3.92. The first-order valence-corrected chi connectivity index (χ1v) is 23.3. The van der Waals surface area contributed by atoms with E-state index in [1.165, 1.54) is 33.7 Å². The highest BCUT2D eigenvalue weighted by molar-refractivity contribution is 6.26. The number of hydrogen-bond donors (Lipinski definition) is 0. The topological polar surface area (TPSA) is 35.6 Å². The van der Waals surface area contributed by atoms with Crippen molar-refractivity contribution in [2.75, 3.05) is 0 Å². The first-order chi connectivity index (χ1) is 34.4. The van der Waals surface area contributed by atoms with Gasteiger partial charge in [-0.2, -0.15) is 13.2 Å². The van der Waals surface area contributed by atoms with E-state index in [-0.39, 0.29) is 0 Å². The molecule has 0 atom stereocenters. The molecule has 10 aromatic carbocycles. The quantitative estimate of drug-likeness (QED) is 0.127. The van der Waals surface area contributed by atoms with Crippen LogP contribution in [-0.2, 0) is 6.18 Å². The summed E-state index contributed by atoms with van der Waals surface area (Å²) < 4.78 is 47.6. The van der Waals surface area contributed by atoms with Crippen LogP contribution in [0.15, 0.2) is 225 Å². The van der Waals surface area contributed by atoms with E-state index >= 15 is 0 Å². The van der Waals surface area contributed by atoms with Gasteiger partial charge in [0.15, 0.2) is 0 Å². The van der Waals surface area contributed by atoms with Gasteiger partial charge in [-0.15, -0.1) is 0 Å². The molecule has 7 heteroatoms. The van der Waals surface area contributed by atoms with Crippen molar-refractivity contribution in [3.05, 3.63) is 231 Å². The molecule has 0 bridgehead atoms. The van der Waals surface area contributed by atoms with E-state index < -0.39 is 11.7 Å². The summed E-state index contributed by atoms with van der Waals surface area (Å²) in [5.74, 6) is 0. The van der Waals surface area contributed by atoms with Crippen molar-refractivity contribution in [1.82, 2.24) is 19.1 Å². The minimum Gasteiger partial charge on any atom is -0.309 e. The van der Waals surface area contributed by atoms with Gasteiger partial charge in [-0.25, -0.2) is 0 Å². The molecule has 0 saturated carbocycles. The van der Waals surface area contributed by atoms with Crippen LogP contribution in [0.25, 0.3) is 131 Å². The second kappa shape index (κ2) is 15.2. The van der Waals surface area contributed by atoms with Crippen LogP contribution >= 0.6 is 0 Å². The third-order valence-electron chi connectivity index (χ3n) is 14.2. The van der Waals surface area contributed by atoms with Crippen LogP contribution in [-0.4, -0.2) is 19.1 Å². The highest BCUT2D eigenvalue weighted by Crippen LogP contribution is 2.48. The number of aromatic nitrogens is 4. The minimum atomic E-state index is -4.52. The third-order valence-corrected chi connectivity index (χ3v) is 14.2. The molecular formula is C63H37F3N4. The fourth-order valence-electron chi connectivity index (χ4n) is 11.3. The number of rotatable bonds is 5. The van der Waals surface area contributed by atoms with Crippen LogP contribution in [0.1, 0.15) is 5.56 Å². The fraction of sp³-hybridized carbons (Fsp3) is 0.0159. The molecule has 14 rings (SSSR count). The van der Waals surface area contributed by atoms with Crippen molar-refractivity contribution >= 4 is 86.7 Å². The molecule has 14 aromatic rings. The number of alkyl halides is 3. The molecule has 0 N–H and O–H groups in total.